The average Bonchev–Trinajstić information content (AvgIpc) is 3.57. The van der Waals surface area contributed by atoms with E-state index in [2.05, 4.69) is 31.6 Å². The fourth-order valence-electron chi connectivity index (χ4n) is 5.69. The molecule has 0 bridgehead atoms. The van der Waals surface area contributed by atoms with Crippen molar-refractivity contribution in [3.05, 3.63) is 75.5 Å². The predicted octanol–water partition coefficient (Wildman–Crippen LogP) is 5.76. The molecule has 0 spiro atoms. The van der Waals surface area contributed by atoms with E-state index in [4.69, 9.17) is 30.8 Å². The molecule has 4 aromatic heterocycles. The summed E-state index contributed by atoms with van der Waals surface area (Å²) in [4.78, 5) is 33.0. The molecular weight excluding hydrogens is 549 g/mol. The molecule has 12 heteroatoms. The van der Waals surface area contributed by atoms with E-state index in [9.17, 15) is 4.79 Å². The van der Waals surface area contributed by atoms with Crippen molar-refractivity contribution in [2.24, 2.45) is 11.8 Å². The molecule has 212 valence electrons. The SMILES string of the molecule is COC(C)(c1ccccc1F)c1nc2nc(-c3noc(=O)[nH]3)nc(-c3cncc(Cl)c3)c2n1C[C@H]1CC[C@H](C)CC1. The van der Waals surface area contributed by atoms with Gasteiger partial charge in [0.25, 0.3) is 0 Å². The molecule has 0 saturated heterocycles. The van der Waals surface area contributed by atoms with Crippen molar-refractivity contribution in [1.29, 1.82) is 0 Å². The Bertz CT molecular complexity index is 1780. The van der Waals surface area contributed by atoms with Gasteiger partial charge >= 0.3 is 5.76 Å². The molecule has 1 saturated carbocycles. The Labute approximate surface area is 240 Å². The van der Waals surface area contributed by atoms with E-state index in [1.165, 1.54) is 19.4 Å². The van der Waals surface area contributed by atoms with E-state index in [0.29, 0.717) is 57.2 Å². The Morgan fingerprint density at radius 3 is 2.63 bits per heavy atom. The first-order valence-corrected chi connectivity index (χ1v) is 13.9. The topological polar surface area (TPSA) is 125 Å². The van der Waals surface area contributed by atoms with Crippen molar-refractivity contribution in [2.75, 3.05) is 7.11 Å². The summed E-state index contributed by atoms with van der Waals surface area (Å²) in [6, 6.07) is 8.26. The Balaban J connectivity index is 1.66. The molecule has 1 aliphatic carbocycles. The van der Waals surface area contributed by atoms with Gasteiger partial charge in [0.15, 0.2) is 11.2 Å². The second kappa shape index (κ2) is 10.8. The van der Waals surface area contributed by atoms with E-state index in [-0.39, 0.29) is 11.6 Å². The number of hydrogen-bond acceptors (Lipinski definition) is 8. The minimum Gasteiger partial charge on any atom is -0.366 e. The van der Waals surface area contributed by atoms with Crippen molar-refractivity contribution in [3.63, 3.8) is 0 Å². The van der Waals surface area contributed by atoms with Gasteiger partial charge in [-0.2, -0.15) is 0 Å². The lowest BCUT2D eigenvalue weighted by atomic mass is 9.83. The van der Waals surface area contributed by atoms with Crippen LogP contribution in [0.25, 0.3) is 34.1 Å². The highest BCUT2D eigenvalue weighted by atomic mass is 35.5. The molecule has 10 nitrogen and oxygen atoms in total. The maximum atomic E-state index is 15.3. The van der Waals surface area contributed by atoms with E-state index < -0.39 is 17.2 Å². The highest BCUT2D eigenvalue weighted by Crippen LogP contribution is 2.40. The van der Waals surface area contributed by atoms with Crippen LogP contribution < -0.4 is 5.76 Å². The van der Waals surface area contributed by atoms with Crippen LogP contribution in [0.1, 0.15) is 50.9 Å². The monoisotopic (exact) mass is 577 g/mol. The lowest BCUT2D eigenvalue weighted by Gasteiger charge is -2.32. The minimum atomic E-state index is -1.26. The number of aromatic nitrogens is 7. The minimum absolute atomic E-state index is 0.0501. The number of ether oxygens (including phenoxy) is 1. The molecule has 0 aliphatic heterocycles. The van der Waals surface area contributed by atoms with Crippen LogP contribution in [0.15, 0.2) is 52.0 Å². The summed E-state index contributed by atoms with van der Waals surface area (Å²) < 4.78 is 28.1. The molecule has 1 atom stereocenters. The first-order valence-electron chi connectivity index (χ1n) is 13.5. The second-order valence-corrected chi connectivity index (χ2v) is 11.2. The number of rotatable bonds is 7. The van der Waals surface area contributed by atoms with Gasteiger partial charge < -0.3 is 9.30 Å². The zero-order valence-corrected chi connectivity index (χ0v) is 23.7. The Hall–Kier alpha value is -3.96. The summed E-state index contributed by atoms with van der Waals surface area (Å²) in [6.45, 7) is 4.69. The molecule has 4 heterocycles. The predicted molar refractivity (Wildman–Crippen MR) is 151 cm³/mol. The van der Waals surface area contributed by atoms with Gasteiger partial charge in [-0.15, -0.1) is 0 Å². The third kappa shape index (κ3) is 5.04. The van der Waals surface area contributed by atoms with Crippen LogP contribution in [0.2, 0.25) is 5.02 Å². The number of nitrogens with zero attached hydrogens (tertiary/aromatic N) is 6. The van der Waals surface area contributed by atoms with Crippen LogP contribution in [0.3, 0.4) is 0 Å². The number of H-pyrrole nitrogens is 1. The number of aromatic amines is 1. The van der Waals surface area contributed by atoms with Crippen LogP contribution in [-0.2, 0) is 16.9 Å². The Morgan fingerprint density at radius 2 is 1.95 bits per heavy atom. The Kier molecular flexibility index (Phi) is 7.16. The molecule has 1 aromatic carbocycles. The maximum Gasteiger partial charge on any atom is 0.439 e. The number of halogens is 2. The van der Waals surface area contributed by atoms with Gasteiger partial charge in [-0.1, -0.05) is 54.7 Å². The number of benzene rings is 1. The van der Waals surface area contributed by atoms with Crippen LogP contribution in [-0.4, -0.2) is 41.8 Å². The molecule has 41 heavy (non-hydrogen) atoms. The summed E-state index contributed by atoms with van der Waals surface area (Å²) in [5.74, 6) is 0.528. The summed E-state index contributed by atoms with van der Waals surface area (Å²) in [6.07, 6.45) is 7.55. The van der Waals surface area contributed by atoms with Gasteiger partial charge in [0.05, 0.1) is 5.02 Å². The molecule has 1 N–H and O–H groups in total. The van der Waals surface area contributed by atoms with E-state index in [1.54, 1.807) is 37.4 Å². The zero-order chi connectivity index (χ0) is 28.7. The fraction of sp³-hybridized carbons (Fsp3) is 0.379. The van der Waals surface area contributed by atoms with Gasteiger partial charge in [0, 0.05) is 37.2 Å². The third-order valence-corrected chi connectivity index (χ3v) is 8.24. The number of pyridine rings is 1. The summed E-state index contributed by atoms with van der Waals surface area (Å²) in [5, 5.41) is 4.20. The standard InChI is InChI=1S/C29H29ClFN7O3/c1-16-8-10-17(11-9-16)15-38-23-22(18-12-19(30)14-32-13-18)33-25(26-36-28(39)41-37-26)34-24(23)35-27(38)29(2,40-3)20-6-4-5-7-21(20)31/h4-7,12-14,16-17H,8-11,15H2,1-3H3,(H,36,37,39)/t16-,17-,29?. The number of methoxy groups -OCH3 is 1. The van der Waals surface area contributed by atoms with Crippen molar-refractivity contribution in [1.82, 2.24) is 34.6 Å². The van der Waals surface area contributed by atoms with Gasteiger partial charge in [-0.25, -0.2) is 24.1 Å². The fourth-order valence-corrected chi connectivity index (χ4v) is 5.87. The van der Waals surface area contributed by atoms with E-state index >= 15 is 4.39 Å². The van der Waals surface area contributed by atoms with E-state index in [1.807, 2.05) is 0 Å². The molecule has 6 rings (SSSR count). The number of nitrogens with one attached hydrogen (secondary N) is 1. The van der Waals surface area contributed by atoms with Gasteiger partial charge in [0.2, 0.25) is 11.6 Å². The average molecular weight is 578 g/mol. The quantitative estimate of drug-likeness (QED) is 0.259. The molecule has 5 aromatic rings. The first-order chi connectivity index (χ1) is 19.8. The van der Waals surface area contributed by atoms with Gasteiger partial charge in [0.1, 0.15) is 22.9 Å². The number of fused-ring (bicyclic) bond motifs is 1. The summed E-state index contributed by atoms with van der Waals surface area (Å²) >= 11 is 6.35. The van der Waals surface area contributed by atoms with Gasteiger partial charge in [-0.3, -0.25) is 14.5 Å². The lowest BCUT2D eigenvalue weighted by Crippen LogP contribution is -2.32. The van der Waals surface area contributed by atoms with Gasteiger partial charge in [-0.05, 0) is 43.7 Å². The number of imidazole rings is 1. The molecule has 1 unspecified atom stereocenters. The highest BCUT2D eigenvalue weighted by Gasteiger charge is 2.39. The lowest BCUT2D eigenvalue weighted by molar-refractivity contribution is 0.0248. The maximum absolute atomic E-state index is 15.3. The molecule has 0 radical (unpaired) electrons. The molecular formula is C29H29ClFN7O3. The molecule has 1 aliphatic rings. The van der Waals surface area contributed by atoms with Crippen LogP contribution in [0, 0.1) is 17.7 Å². The summed E-state index contributed by atoms with van der Waals surface area (Å²) in [5.41, 5.74) is 1.13. The van der Waals surface area contributed by atoms with Crippen molar-refractivity contribution < 1.29 is 13.7 Å². The zero-order valence-electron chi connectivity index (χ0n) is 22.9. The third-order valence-electron chi connectivity index (χ3n) is 8.03. The first kappa shape index (κ1) is 27.2. The summed E-state index contributed by atoms with van der Waals surface area (Å²) in [7, 11) is 1.54. The normalized spacial score (nSPS) is 19.0. The van der Waals surface area contributed by atoms with Crippen molar-refractivity contribution in [3.8, 4) is 22.9 Å². The molecule has 0 amide bonds. The number of hydrogen-bond donors (Lipinski definition) is 1. The largest absolute Gasteiger partial charge is 0.439 e. The van der Waals surface area contributed by atoms with Crippen LogP contribution in [0.4, 0.5) is 4.39 Å². The van der Waals surface area contributed by atoms with Crippen LogP contribution in [0.5, 0.6) is 0 Å². The smallest absolute Gasteiger partial charge is 0.366 e. The Morgan fingerprint density at radius 1 is 1.17 bits per heavy atom. The highest BCUT2D eigenvalue weighted by molar-refractivity contribution is 6.30. The molecule has 1 fully saturated rings. The van der Waals surface area contributed by atoms with E-state index in [0.717, 1.165) is 25.7 Å². The van der Waals surface area contributed by atoms with Crippen molar-refractivity contribution in [2.45, 2.75) is 51.7 Å². The van der Waals surface area contributed by atoms with Crippen LogP contribution >= 0.6 is 11.6 Å². The second-order valence-electron chi connectivity index (χ2n) is 10.8. The van der Waals surface area contributed by atoms with Crippen molar-refractivity contribution >= 4 is 22.8 Å².